The van der Waals surface area contributed by atoms with Gasteiger partial charge in [0.15, 0.2) is 0 Å². The molecule has 1 amide bonds. The number of nitrogens with zero attached hydrogens (tertiary/aromatic N) is 4. The standard InChI is InChI=1S/C14H15FN4O3S2/c1-10-13(23-17-16-10)14(20)18-5-7-19(8-6-18)24(21,22)12-4-2-3-11(15)9-12/h2-4,9H,5-8H2,1H3. The number of aromatic nitrogens is 2. The van der Waals surface area contributed by atoms with Crippen LogP contribution >= 0.6 is 11.5 Å². The first kappa shape index (κ1) is 16.9. The van der Waals surface area contributed by atoms with Crippen LogP contribution in [0.4, 0.5) is 4.39 Å². The van der Waals surface area contributed by atoms with Crippen molar-refractivity contribution in [3.8, 4) is 0 Å². The first-order chi connectivity index (χ1) is 11.4. The second-order valence-electron chi connectivity index (χ2n) is 5.34. The van der Waals surface area contributed by atoms with Crippen molar-refractivity contribution in [1.82, 2.24) is 18.8 Å². The van der Waals surface area contributed by atoms with Crippen LogP contribution < -0.4 is 0 Å². The molecule has 1 saturated heterocycles. The molecule has 24 heavy (non-hydrogen) atoms. The van der Waals surface area contributed by atoms with Crippen LogP contribution in [0.3, 0.4) is 0 Å². The van der Waals surface area contributed by atoms with E-state index in [0.717, 1.165) is 17.6 Å². The summed E-state index contributed by atoms with van der Waals surface area (Å²) in [5.74, 6) is -0.789. The van der Waals surface area contributed by atoms with Crippen LogP contribution in [0.15, 0.2) is 29.2 Å². The summed E-state index contributed by atoms with van der Waals surface area (Å²) in [5, 5.41) is 3.81. The predicted molar refractivity (Wildman–Crippen MR) is 85.7 cm³/mol. The van der Waals surface area contributed by atoms with Crippen molar-refractivity contribution in [2.45, 2.75) is 11.8 Å². The van der Waals surface area contributed by atoms with Gasteiger partial charge in [-0.25, -0.2) is 12.8 Å². The number of carbonyl (C=O) groups excluding carboxylic acids is 1. The maximum Gasteiger partial charge on any atom is 0.267 e. The van der Waals surface area contributed by atoms with Crippen molar-refractivity contribution < 1.29 is 17.6 Å². The summed E-state index contributed by atoms with van der Waals surface area (Å²) in [6, 6.07) is 4.92. The minimum atomic E-state index is -3.76. The number of carbonyl (C=O) groups is 1. The van der Waals surface area contributed by atoms with E-state index < -0.39 is 15.8 Å². The Morgan fingerprint density at radius 2 is 1.96 bits per heavy atom. The quantitative estimate of drug-likeness (QED) is 0.809. The zero-order valence-corrected chi connectivity index (χ0v) is 14.5. The van der Waals surface area contributed by atoms with Crippen molar-refractivity contribution in [3.63, 3.8) is 0 Å². The second-order valence-corrected chi connectivity index (χ2v) is 8.03. The van der Waals surface area contributed by atoms with Crippen molar-refractivity contribution in [3.05, 3.63) is 40.7 Å². The Balaban J connectivity index is 1.71. The van der Waals surface area contributed by atoms with E-state index in [4.69, 9.17) is 0 Å². The summed E-state index contributed by atoms with van der Waals surface area (Å²) in [5.41, 5.74) is 0.569. The highest BCUT2D eigenvalue weighted by Gasteiger charge is 2.31. The third-order valence-corrected chi connectivity index (χ3v) is 6.52. The van der Waals surface area contributed by atoms with Gasteiger partial charge in [0.1, 0.15) is 10.7 Å². The largest absolute Gasteiger partial charge is 0.335 e. The summed E-state index contributed by atoms with van der Waals surface area (Å²) in [7, 11) is -3.76. The summed E-state index contributed by atoms with van der Waals surface area (Å²) in [6.45, 7) is 2.57. The maximum atomic E-state index is 13.3. The number of benzene rings is 1. The monoisotopic (exact) mass is 370 g/mol. The molecule has 1 aliphatic heterocycles. The van der Waals surface area contributed by atoms with E-state index in [-0.39, 0.29) is 37.0 Å². The van der Waals surface area contributed by atoms with Gasteiger partial charge in [0.25, 0.3) is 5.91 Å². The Morgan fingerprint density at radius 3 is 2.54 bits per heavy atom. The molecule has 0 aliphatic carbocycles. The Morgan fingerprint density at radius 1 is 1.25 bits per heavy atom. The molecule has 7 nitrogen and oxygen atoms in total. The lowest BCUT2D eigenvalue weighted by Crippen LogP contribution is -2.50. The lowest BCUT2D eigenvalue weighted by Gasteiger charge is -2.33. The average molecular weight is 370 g/mol. The highest BCUT2D eigenvalue weighted by atomic mass is 32.2. The minimum absolute atomic E-state index is 0.0789. The topological polar surface area (TPSA) is 83.5 Å². The Hall–Kier alpha value is -1.91. The van der Waals surface area contributed by atoms with Crippen LogP contribution in [-0.2, 0) is 10.0 Å². The number of amides is 1. The van der Waals surface area contributed by atoms with Crippen LogP contribution in [0.2, 0.25) is 0 Å². The summed E-state index contributed by atoms with van der Waals surface area (Å²) < 4.78 is 43.4. The zero-order valence-electron chi connectivity index (χ0n) is 12.8. The van der Waals surface area contributed by atoms with E-state index >= 15 is 0 Å². The SMILES string of the molecule is Cc1nnsc1C(=O)N1CCN(S(=O)(=O)c2cccc(F)c2)CC1. The Labute approximate surface area is 142 Å². The lowest BCUT2D eigenvalue weighted by atomic mass is 10.3. The molecule has 1 aromatic carbocycles. The molecule has 1 aromatic heterocycles. The number of piperazine rings is 1. The molecule has 2 heterocycles. The highest BCUT2D eigenvalue weighted by Crippen LogP contribution is 2.20. The third kappa shape index (κ3) is 3.17. The van der Waals surface area contributed by atoms with E-state index in [2.05, 4.69) is 9.59 Å². The van der Waals surface area contributed by atoms with Gasteiger partial charge in [0.2, 0.25) is 10.0 Å². The number of hydrogen-bond acceptors (Lipinski definition) is 6. The molecule has 0 atom stereocenters. The molecule has 0 bridgehead atoms. The molecule has 10 heteroatoms. The molecule has 3 rings (SSSR count). The fourth-order valence-electron chi connectivity index (χ4n) is 2.48. The molecule has 0 spiro atoms. The van der Waals surface area contributed by atoms with Gasteiger partial charge in [-0.3, -0.25) is 4.79 Å². The van der Waals surface area contributed by atoms with Gasteiger partial charge < -0.3 is 4.90 Å². The van der Waals surface area contributed by atoms with Crippen molar-refractivity contribution >= 4 is 27.5 Å². The number of hydrogen-bond donors (Lipinski definition) is 0. The molecular weight excluding hydrogens is 355 g/mol. The summed E-state index contributed by atoms with van der Waals surface area (Å²) in [6.07, 6.45) is 0. The average Bonchev–Trinajstić information content (AvgIpc) is 3.00. The second kappa shape index (κ2) is 6.54. The normalized spacial score (nSPS) is 16.3. The highest BCUT2D eigenvalue weighted by molar-refractivity contribution is 7.89. The number of aryl methyl sites for hydroxylation is 1. The third-order valence-electron chi connectivity index (χ3n) is 3.81. The van der Waals surface area contributed by atoms with E-state index in [1.54, 1.807) is 11.8 Å². The Kier molecular flexibility index (Phi) is 4.61. The molecule has 128 valence electrons. The van der Waals surface area contributed by atoms with Gasteiger partial charge in [0, 0.05) is 26.2 Å². The zero-order chi connectivity index (χ0) is 17.3. The van der Waals surface area contributed by atoms with Gasteiger partial charge in [-0.05, 0) is 36.7 Å². The molecule has 0 saturated carbocycles. The predicted octanol–water partition coefficient (Wildman–Crippen LogP) is 1.13. The lowest BCUT2D eigenvalue weighted by molar-refractivity contribution is 0.0702. The fraction of sp³-hybridized carbons (Fsp3) is 0.357. The van der Waals surface area contributed by atoms with E-state index in [9.17, 15) is 17.6 Å². The van der Waals surface area contributed by atoms with Crippen LogP contribution in [0.5, 0.6) is 0 Å². The number of halogens is 1. The molecule has 1 aliphatic rings. The van der Waals surface area contributed by atoms with Crippen molar-refractivity contribution in [1.29, 1.82) is 0 Å². The molecule has 1 fully saturated rings. The Bertz CT molecular complexity index is 860. The van der Waals surface area contributed by atoms with Crippen molar-refractivity contribution in [2.24, 2.45) is 0 Å². The van der Waals surface area contributed by atoms with Crippen LogP contribution in [-0.4, -0.2) is 59.3 Å². The molecule has 0 unspecified atom stereocenters. The van der Waals surface area contributed by atoms with Gasteiger partial charge in [-0.2, -0.15) is 4.31 Å². The van der Waals surface area contributed by atoms with Gasteiger partial charge in [-0.1, -0.05) is 10.6 Å². The van der Waals surface area contributed by atoms with E-state index in [1.807, 2.05) is 0 Å². The summed E-state index contributed by atoms with van der Waals surface area (Å²) in [4.78, 5) is 14.4. The van der Waals surface area contributed by atoms with Crippen LogP contribution in [0.1, 0.15) is 15.4 Å². The first-order valence-corrected chi connectivity index (χ1v) is 9.45. The van der Waals surface area contributed by atoms with Gasteiger partial charge in [-0.15, -0.1) is 5.10 Å². The molecule has 0 radical (unpaired) electrons. The van der Waals surface area contributed by atoms with Crippen LogP contribution in [0.25, 0.3) is 0 Å². The van der Waals surface area contributed by atoms with Gasteiger partial charge in [0.05, 0.1) is 10.6 Å². The number of sulfonamides is 1. The molecule has 0 N–H and O–H groups in total. The maximum absolute atomic E-state index is 13.3. The summed E-state index contributed by atoms with van der Waals surface area (Å²) >= 11 is 1.03. The fourth-order valence-corrected chi connectivity index (χ4v) is 4.56. The van der Waals surface area contributed by atoms with Crippen molar-refractivity contribution in [2.75, 3.05) is 26.2 Å². The van der Waals surface area contributed by atoms with E-state index in [0.29, 0.717) is 10.6 Å². The molecule has 2 aromatic rings. The molecular formula is C14H15FN4O3S2. The van der Waals surface area contributed by atoms with E-state index in [1.165, 1.54) is 22.5 Å². The van der Waals surface area contributed by atoms with Gasteiger partial charge >= 0.3 is 0 Å². The first-order valence-electron chi connectivity index (χ1n) is 7.23. The minimum Gasteiger partial charge on any atom is -0.335 e. The smallest absolute Gasteiger partial charge is 0.267 e. The van der Waals surface area contributed by atoms with Crippen LogP contribution in [0, 0.1) is 12.7 Å². The number of rotatable bonds is 3.